The van der Waals surface area contributed by atoms with Crippen LogP contribution in [0.3, 0.4) is 0 Å². The van der Waals surface area contributed by atoms with Crippen LogP contribution < -0.4 is 5.32 Å². The van der Waals surface area contributed by atoms with Crippen molar-refractivity contribution in [2.24, 2.45) is 0 Å². The Hall–Kier alpha value is -1.06. The van der Waals surface area contributed by atoms with E-state index in [-0.39, 0.29) is 11.6 Å². The molecule has 17 heavy (non-hydrogen) atoms. The summed E-state index contributed by atoms with van der Waals surface area (Å²) in [5, 5.41) is 2.71. The van der Waals surface area contributed by atoms with E-state index in [0.29, 0.717) is 0 Å². The molecule has 0 aromatic rings. The van der Waals surface area contributed by atoms with Gasteiger partial charge in [-0.3, -0.25) is 9.59 Å². The molecule has 0 aromatic heterocycles. The van der Waals surface area contributed by atoms with Crippen molar-refractivity contribution >= 4 is 11.8 Å². The van der Waals surface area contributed by atoms with Crippen LogP contribution >= 0.6 is 0 Å². The second-order valence-electron chi connectivity index (χ2n) is 5.91. The standard InChI is InChI=1S/C13H24N2O2/c1-13(2,3)14-11(16)12(17)15(4)10-8-6-5-7-9-10/h10H,5-9H2,1-4H3,(H,14,16). The summed E-state index contributed by atoms with van der Waals surface area (Å²) in [5.74, 6) is -0.905. The van der Waals surface area contributed by atoms with Crippen LogP contribution in [0.2, 0.25) is 0 Å². The molecule has 0 radical (unpaired) electrons. The quantitative estimate of drug-likeness (QED) is 0.709. The third-order valence-corrected chi connectivity index (χ3v) is 3.13. The zero-order chi connectivity index (χ0) is 13.1. The first-order valence-corrected chi connectivity index (χ1v) is 6.40. The average molecular weight is 240 g/mol. The third kappa shape index (κ3) is 4.36. The van der Waals surface area contributed by atoms with Gasteiger partial charge in [-0.2, -0.15) is 0 Å². The Labute approximate surface area is 104 Å². The van der Waals surface area contributed by atoms with Gasteiger partial charge >= 0.3 is 11.8 Å². The molecule has 1 aliphatic rings. The number of likely N-dealkylation sites (N-methyl/N-ethyl adjacent to an activating group) is 1. The van der Waals surface area contributed by atoms with Crippen LogP contribution in [-0.4, -0.2) is 35.3 Å². The van der Waals surface area contributed by atoms with Crippen LogP contribution in [0.25, 0.3) is 0 Å². The fraction of sp³-hybridized carbons (Fsp3) is 0.846. The van der Waals surface area contributed by atoms with Gasteiger partial charge in [-0.05, 0) is 33.6 Å². The molecule has 0 heterocycles. The summed E-state index contributed by atoms with van der Waals surface area (Å²) in [7, 11) is 1.74. The maximum absolute atomic E-state index is 11.9. The Morgan fingerprint density at radius 1 is 1.12 bits per heavy atom. The highest BCUT2D eigenvalue weighted by Gasteiger charge is 2.28. The molecule has 1 aliphatic carbocycles. The fourth-order valence-corrected chi connectivity index (χ4v) is 2.19. The van der Waals surface area contributed by atoms with Crippen molar-refractivity contribution in [1.82, 2.24) is 10.2 Å². The van der Waals surface area contributed by atoms with Gasteiger partial charge in [0.25, 0.3) is 0 Å². The number of nitrogens with one attached hydrogen (secondary N) is 1. The molecule has 1 N–H and O–H groups in total. The second-order valence-corrected chi connectivity index (χ2v) is 5.91. The zero-order valence-corrected chi connectivity index (χ0v) is 11.4. The van der Waals surface area contributed by atoms with Gasteiger partial charge in [0.15, 0.2) is 0 Å². The Morgan fingerprint density at radius 2 is 1.65 bits per heavy atom. The van der Waals surface area contributed by atoms with E-state index in [2.05, 4.69) is 5.32 Å². The number of rotatable bonds is 1. The van der Waals surface area contributed by atoms with Crippen molar-refractivity contribution in [3.63, 3.8) is 0 Å². The van der Waals surface area contributed by atoms with Crippen LogP contribution in [0, 0.1) is 0 Å². The number of amides is 2. The van der Waals surface area contributed by atoms with Crippen molar-refractivity contribution in [3.8, 4) is 0 Å². The largest absolute Gasteiger partial charge is 0.343 e. The predicted octanol–water partition coefficient (Wildman–Crippen LogP) is 1.69. The van der Waals surface area contributed by atoms with Gasteiger partial charge in [-0.15, -0.1) is 0 Å². The van der Waals surface area contributed by atoms with Crippen molar-refractivity contribution in [2.45, 2.75) is 64.5 Å². The zero-order valence-electron chi connectivity index (χ0n) is 11.4. The van der Waals surface area contributed by atoms with Crippen LogP contribution in [0.5, 0.6) is 0 Å². The first kappa shape index (κ1) is 14.0. The summed E-state index contributed by atoms with van der Waals surface area (Å²) in [5.41, 5.74) is -0.361. The molecule has 0 aromatic carbocycles. The maximum Gasteiger partial charge on any atom is 0.311 e. The molecule has 4 heteroatoms. The topological polar surface area (TPSA) is 49.4 Å². The van der Waals surface area contributed by atoms with E-state index in [1.54, 1.807) is 11.9 Å². The average Bonchev–Trinajstić information content (AvgIpc) is 2.26. The first-order valence-electron chi connectivity index (χ1n) is 6.40. The van der Waals surface area contributed by atoms with Gasteiger partial charge in [0, 0.05) is 18.6 Å². The molecule has 0 unspecified atom stereocenters. The molecule has 1 saturated carbocycles. The molecule has 0 spiro atoms. The van der Waals surface area contributed by atoms with Crippen molar-refractivity contribution in [2.75, 3.05) is 7.05 Å². The van der Waals surface area contributed by atoms with E-state index in [0.717, 1.165) is 25.7 Å². The van der Waals surface area contributed by atoms with Gasteiger partial charge in [-0.25, -0.2) is 0 Å². The molecule has 0 bridgehead atoms. The lowest BCUT2D eigenvalue weighted by molar-refractivity contribution is -0.147. The van der Waals surface area contributed by atoms with Gasteiger partial charge < -0.3 is 10.2 Å². The number of hydrogen-bond donors (Lipinski definition) is 1. The van der Waals surface area contributed by atoms with Crippen molar-refractivity contribution < 1.29 is 9.59 Å². The lowest BCUT2D eigenvalue weighted by Gasteiger charge is -2.31. The Kier molecular flexibility index (Phi) is 4.54. The minimum Gasteiger partial charge on any atom is -0.343 e. The summed E-state index contributed by atoms with van der Waals surface area (Å²) >= 11 is 0. The molecule has 98 valence electrons. The van der Waals surface area contributed by atoms with E-state index in [9.17, 15) is 9.59 Å². The van der Waals surface area contributed by atoms with Crippen LogP contribution in [0.15, 0.2) is 0 Å². The minimum absolute atomic E-state index is 0.238. The van der Waals surface area contributed by atoms with Gasteiger partial charge in [0.2, 0.25) is 0 Å². The van der Waals surface area contributed by atoms with E-state index in [1.807, 2.05) is 20.8 Å². The molecular formula is C13H24N2O2. The molecule has 4 nitrogen and oxygen atoms in total. The van der Waals surface area contributed by atoms with Crippen molar-refractivity contribution in [3.05, 3.63) is 0 Å². The number of nitrogens with zero attached hydrogens (tertiary/aromatic N) is 1. The van der Waals surface area contributed by atoms with Gasteiger partial charge in [0.1, 0.15) is 0 Å². The normalized spacial score (nSPS) is 17.6. The van der Waals surface area contributed by atoms with Gasteiger partial charge in [0.05, 0.1) is 0 Å². The van der Waals surface area contributed by atoms with Crippen LogP contribution in [0.4, 0.5) is 0 Å². The Morgan fingerprint density at radius 3 is 2.12 bits per heavy atom. The monoisotopic (exact) mass is 240 g/mol. The van der Waals surface area contributed by atoms with Crippen LogP contribution in [-0.2, 0) is 9.59 Å². The fourth-order valence-electron chi connectivity index (χ4n) is 2.19. The summed E-state index contributed by atoms with van der Waals surface area (Å²) in [6, 6.07) is 0.238. The predicted molar refractivity (Wildman–Crippen MR) is 67.5 cm³/mol. The molecular weight excluding hydrogens is 216 g/mol. The highest BCUT2D eigenvalue weighted by molar-refractivity contribution is 6.35. The summed E-state index contributed by atoms with van der Waals surface area (Å²) in [6.07, 6.45) is 5.59. The lowest BCUT2D eigenvalue weighted by Crippen LogP contribution is -2.51. The molecule has 1 fully saturated rings. The maximum atomic E-state index is 11.9. The van der Waals surface area contributed by atoms with Crippen molar-refractivity contribution in [1.29, 1.82) is 0 Å². The number of hydrogen-bond acceptors (Lipinski definition) is 2. The molecule has 1 rings (SSSR count). The lowest BCUT2D eigenvalue weighted by atomic mass is 9.94. The molecule has 2 amide bonds. The Balaban J connectivity index is 2.53. The third-order valence-electron chi connectivity index (χ3n) is 3.13. The SMILES string of the molecule is CN(C(=O)C(=O)NC(C)(C)C)C1CCCCC1. The number of carbonyl (C=O) groups excluding carboxylic acids is 2. The first-order chi connectivity index (χ1) is 7.81. The smallest absolute Gasteiger partial charge is 0.311 e. The Bertz CT molecular complexity index is 288. The molecule has 0 atom stereocenters. The second kappa shape index (κ2) is 5.52. The van der Waals surface area contributed by atoms with E-state index < -0.39 is 11.8 Å². The van der Waals surface area contributed by atoms with Crippen LogP contribution in [0.1, 0.15) is 52.9 Å². The highest BCUT2D eigenvalue weighted by Crippen LogP contribution is 2.21. The summed E-state index contributed by atoms with van der Waals surface area (Å²) in [6.45, 7) is 5.62. The van der Waals surface area contributed by atoms with Gasteiger partial charge in [-0.1, -0.05) is 19.3 Å². The number of carbonyl (C=O) groups is 2. The summed E-state index contributed by atoms with van der Waals surface area (Å²) in [4.78, 5) is 25.3. The van der Waals surface area contributed by atoms with E-state index in [1.165, 1.54) is 6.42 Å². The molecule has 0 saturated heterocycles. The summed E-state index contributed by atoms with van der Waals surface area (Å²) < 4.78 is 0. The highest BCUT2D eigenvalue weighted by atomic mass is 16.2. The molecule has 0 aliphatic heterocycles. The van der Waals surface area contributed by atoms with E-state index in [4.69, 9.17) is 0 Å². The van der Waals surface area contributed by atoms with E-state index >= 15 is 0 Å². The minimum atomic E-state index is -0.495.